The summed E-state index contributed by atoms with van der Waals surface area (Å²) >= 11 is 0. The highest BCUT2D eigenvalue weighted by atomic mass is 16.5. The van der Waals surface area contributed by atoms with E-state index in [9.17, 15) is 4.79 Å². The second kappa shape index (κ2) is 4.34. The molecule has 0 amide bonds. The average Bonchev–Trinajstić information content (AvgIpc) is 2.71. The van der Waals surface area contributed by atoms with Gasteiger partial charge in [0.1, 0.15) is 0 Å². The van der Waals surface area contributed by atoms with Gasteiger partial charge in [-0.2, -0.15) is 0 Å². The van der Waals surface area contributed by atoms with Gasteiger partial charge in [0.2, 0.25) is 0 Å². The zero-order chi connectivity index (χ0) is 11.8. The third-order valence-electron chi connectivity index (χ3n) is 3.92. The number of hydrogen-bond donors (Lipinski definition) is 0. The Kier molecular flexibility index (Phi) is 3.22. The molecule has 0 N–H and O–H groups in total. The smallest absolute Gasteiger partial charge is 0.307 e. The standard InChI is InChI=1S/C12H22N2O2/c1-4-10-12(3)7-9-13(14(10)12)8-6-11(15)16-5-2/h10H,4-9H2,1-3H3. The summed E-state index contributed by atoms with van der Waals surface area (Å²) < 4.78 is 4.94. The van der Waals surface area contributed by atoms with Gasteiger partial charge in [0, 0.05) is 19.1 Å². The van der Waals surface area contributed by atoms with E-state index in [1.807, 2.05) is 6.92 Å². The van der Waals surface area contributed by atoms with Crippen LogP contribution >= 0.6 is 0 Å². The number of fused-ring (bicyclic) bond motifs is 1. The van der Waals surface area contributed by atoms with Crippen molar-refractivity contribution in [3.05, 3.63) is 0 Å². The zero-order valence-electron chi connectivity index (χ0n) is 10.5. The molecule has 3 unspecified atom stereocenters. The minimum Gasteiger partial charge on any atom is -0.466 e. The first kappa shape index (κ1) is 11.9. The molecule has 0 aromatic rings. The Morgan fingerprint density at radius 2 is 2.25 bits per heavy atom. The van der Waals surface area contributed by atoms with Crippen LogP contribution in [0.5, 0.6) is 0 Å². The van der Waals surface area contributed by atoms with Crippen molar-refractivity contribution in [3.8, 4) is 0 Å². The molecule has 0 aromatic heterocycles. The van der Waals surface area contributed by atoms with Gasteiger partial charge in [-0.25, -0.2) is 10.0 Å². The fourth-order valence-corrected chi connectivity index (χ4v) is 3.03. The number of carbonyl (C=O) groups is 1. The third-order valence-corrected chi connectivity index (χ3v) is 3.92. The van der Waals surface area contributed by atoms with Gasteiger partial charge in [0.05, 0.1) is 18.6 Å². The summed E-state index contributed by atoms with van der Waals surface area (Å²) in [5.41, 5.74) is 0.392. The van der Waals surface area contributed by atoms with Crippen molar-refractivity contribution in [3.63, 3.8) is 0 Å². The largest absolute Gasteiger partial charge is 0.466 e. The number of nitrogens with zero attached hydrogens (tertiary/aromatic N) is 2. The van der Waals surface area contributed by atoms with E-state index in [1.165, 1.54) is 12.8 Å². The Balaban J connectivity index is 1.78. The van der Waals surface area contributed by atoms with E-state index in [0.717, 1.165) is 13.1 Å². The van der Waals surface area contributed by atoms with Gasteiger partial charge in [-0.15, -0.1) is 0 Å². The SMILES string of the molecule is CCOC(=O)CCN1CCC2(C)C(CC)N12. The van der Waals surface area contributed by atoms with E-state index in [2.05, 4.69) is 23.9 Å². The van der Waals surface area contributed by atoms with E-state index >= 15 is 0 Å². The maximum Gasteiger partial charge on any atom is 0.307 e. The molecule has 2 rings (SSSR count). The molecule has 2 aliphatic heterocycles. The molecule has 0 spiro atoms. The second-order valence-electron chi connectivity index (χ2n) is 4.88. The number of rotatable bonds is 5. The van der Waals surface area contributed by atoms with Gasteiger partial charge in [-0.1, -0.05) is 6.92 Å². The van der Waals surface area contributed by atoms with Crippen molar-refractivity contribution in [1.29, 1.82) is 0 Å². The monoisotopic (exact) mass is 226 g/mol. The molecule has 2 saturated heterocycles. The van der Waals surface area contributed by atoms with Gasteiger partial charge >= 0.3 is 5.97 Å². The molecule has 4 heteroatoms. The zero-order valence-corrected chi connectivity index (χ0v) is 10.5. The number of carbonyl (C=O) groups excluding carboxylic acids is 1. The fourth-order valence-electron chi connectivity index (χ4n) is 3.03. The molecule has 2 aliphatic rings. The number of ether oxygens (including phenoxy) is 1. The number of hydrogen-bond acceptors (Lipinski definition) is 4. The molecule has 2 heterocycles. The van der Waals surface area contributed by atoms with Crippen LogP contribution in [0.3, 0.4) is 0 Å². The van der Waals surface area contributed by atoms with Crippen molar-refractivity contribution in [2.24, 2.45) is 0 Å². The minimum absolute atomic E-state index is 0.0778. The Hall–Kier alpha value is -0.610. The van der Waals surface area contributed by atoms with Crippen LogP contribution in [0, 0.1) is 0 Å². The molecular formula is C12H22N2O2. The Morgan fingerprint density at radius 1 is 1.50 bits per heavy atom. The summed E-state index contributed by atoms with van der Waals surface area (Å²) in [7, 11) is 0. The number of hydrazine groups is 1. The van der Waals surface area contributed by atoms with Crippen molar-refractivity contribution in [2.75, 3.05) is 19.7 Å². The molecule has 0 radical (unpaired) electrons. The van der Waals surface area contributed by atoms with Gasteiger partial charge < -0.3 is 4.74 Å². The van der Waals surface area contributed by atoms with E-state index < -0.39 is 0 Å². The van der Waals surface area contributed by atoms with Gasteiger partial charge in [-0.3, -0.25) is 4.79 Å². The predicted octanol–water partition coefficient (Wildman–Crippen LogP) is 1.41. The third kappa shape index (κ3) is 1.84. The Labute approximate surface area is 97.5 Å². The van der Waals surface area contributed by atoms with Gasteiger partial charge in [0.25, 0.3) is 0 Å². The molecular weight excluding hydrogens is 204 g/mol. The lowest BCUT2D eigenvalue weighted by atomic mass is 10.0. The van der Waals surface area contributed by atoms with E-state index in [4.69, 9.17) is 4.74 Å². The van der Waals surface area contributed by atoms with Crippen LogP contribution in [0.1, 0.15) is 40.0 Å². The predicted molar refractivity (Wildman–Crippen MR) is 61.8 cm³/mol. The van der Waals surface area contributed by atoms with Crippen molar-refractivity contribution < 1.29 is 9.53 Å². The first-order valence-corrected chi connectivity index (χ1v) is 6.33. The van der Waals surface area contributed by atoms with Crippen LogP contribution in [-0.4, -0.2) is 47.3 Å². The average molecular weight is 226 g/mol. The Bertz CT molecular complexity index is 282. The summed E-state index contributed by atoms with van der Waals surface area (Å²) in [6, 6.07) is 0.698. The van der Waals surface area contributed by atoms with Gasteiger partial charge in [-0.05, 0) is 26.7 Å². The second-order valence-corrected chi connectivity index (χ2v) is 4.88. The van der Waals surface area contributed by atoms with E-state index in [0.29, 0.717) is 24.6 Å². The molecule has 4 nitrogen and oxygen atoms in total. The van der Waals surface area contributed by atoms with E-state index in [-0.39, 0.29) is 5.97 Å². The summed E-state index contributed by atoms with van der Waals surface area (Å²) in [4.78, 5) is 11.3. The lowest BCUT2D eigenvalue weighted by molar-refractivity contribution is -0.144. The molecule has 2 fully saturated rings. The Morgan fingerprint density at radius 3 is 2.81 bits per heavy atom. The summed E-state index contributed by atoms with van der Waals surface area (Å²) in [6.45, 7) is 8.79. The molecule has 0 aromatic carbocycles. The van der Waals surface area contributed by atoms with Crippen LogP contribution in [0.15, 0.2) is 0 Å². The minimum atomic E-state index is -0.0778. The van der Waals surface area contributed by atoms with Crippen LogP contribution in [0.4, 0.5) is 0 Å². The highest BCUT2D eigenvalue weighted by molar-refractivity contribution is 5.69. The maximum atomic E-state index is 11.3. The summed E-state index contributed by atoms with van der Waals surface area (Å²) in [6.07, 6.45) is 2.94. The normalized spacial score (nSPS) is 37.2. The maximum absolute atomic E-state index is 11.3. The van der Waals surface area contributed by atoms with Gasteiger partial charge in [0.15, 0.2) is 0 Å². The molecule has 16 heavy (non-hydrogen) atoms. The lowest BCUT2D eigenvalue weighted by Gasteiger charge is -2.19. The van der Waals surface area contributed by atoms with Crippen LogP contribution < -0.4 is 0 Å². The molecule has 0 bridgehead atoms. The van der Waals surface area contributed by atoms with Crippen molar-refractivity contribution in [2.45, 2.75) is 51.6 Å². The summed E-state index contributed by atoms with van der Waals surface area (Å²) in [5, 5.41) is 4.78. The van der Waals surface area contributed by atoms with E-state index in [1.54, 1.807) is 0 Å². The fraction of sp³-hybridized carbons (Fsp3) is 0.917. The molecule has 0 saturated carbocycles. The van der Waals surface area contributed by atoms with Crippen LogP contribution in [0.2, 0.25) is 0 Å². The molecule has 0 aliphatic carbocycles. The van der Waals surface area contributed by atoms with Crippen LogP contribution in [0.25, 0.3) is 0 Å². The molecule has 3 atom stereocenters. The quantitative estimate of drug-likeness (QED) is 0.524. The summed E-state index contributed by atoms with van der Waals surface area (Å²) in [5.74, 6) is -0.0778. The van der Waals surface area contributed by atoms with Crippen molar-refractivity contribution in [1.82, 2.24) is 10.0 Å². The molecule has 92 valence electrons. The highest BCUT2D eigenvalue weighted by Gasteiger charge is 2.63. The van der Waals surface area contributed by atoms with Crippen LogP contribution in [-0.2, 0) is 9.53 Å². The first-order valence-electron chi connectivity index (χ1n) is 6.33. The number of esters is 1. The lowest BCUT2D eigenvalue weighted by Crippen LogP contribution is -2.31. The first-order chi connectivity index (χ1) is 7.63. The highest BCUT2D eigenvalue weighted by Crippen LogP contribution is 2.51. The van der Waals surface area contributed by atoms with Crippen molar-refractivity contribution >= 4 is 5.97 Å². The topological polar surface area (TPSA) is 32.5 Å².